The predicted molar refractivity (Wildman–Crippen MR) is 148 cm³/mol. The van der Waals surface area contributed by atoms with E-state index in [1.807, 2.05) is 32.3 Å². The first kappa shape index (κ1) is 28.1. The zero-order valence-electron chi connectivity index (χ0n) is 22.3. The molecule has 10 heteroatoms. The van der Waals surface area contributed by atoms with Gasteiger partial charge in [0.15, 0.2) is 5.88 Å². The monoisotopic (exact) mass is 509 g/mol. The fourth-order valence-electron chi connectivity index (χ4n) is 4.29. The molecule has 0 saturated heterocycles. The highest BCUT2D eigenvalue weighted by molar-refractivity contribution is 6.06. The first-order chi connectivity index (χ1) is 18.0. The number of rotatable bonds is 16. The molecular formula is C27H39N7O3. The molecule has 0 aliphatic rings. The van der Waals surface area contributed by atoms with Crippen molar-refractivity contribution in [2.75, 3.05) is 52.8 Å². The molecule has 0 bridgehead atoms. The third kappa shape index (κ3) is 7.74. The van der Waals surface area contributed by atoms with Crippen molar-refractivity contribution >= 4 is 35.0 Å². The van der Waals surface area contributed by atoms with E-state index in [0.717, 1.165) is 79.8 Å². The number of anilines is 1. The van der Waals surface area contributed by atoms with Crippen molar-refractivity contribution in [2.24, 2.45) is 4.99 Å². The normalized spacial score (nSPS) is 11.6. The number of carbonyl (C=O) groups is 1. The van der Waals surface area contributed by atoms with Crippen LogP contribution in [0.25, 0.3) is 11.0 Å². The number of aromatic hydroxyl groups is 1. The van der Waals surface area contributed by atoms with E-state index in [1.165, 1.54) is 6.33 Å². The second-order valence-electron chi connectivity index (χ2n) is 9.19. The van der Waals surface area contributed by atoms with Crippen LogP contribution in [0.2, 0.25) is 0 Å². The number of nitrogens with zero attached hydrogens (tertiary/aromatic N) is 5. The molecule has 2 heterocycles. The molecule has 200 valence electrons. The molecule has 10 nitrogen and oxygen atoms in total. The van der Waals surface area contributed by atoms with Crippen LogP contribution >= 0.6 is 0 Å². The van der Waals surface area contributed by atoms with Gasteiger partial charge >= 0.3 is 0 Å². The van der Waals surface area contributed by atoms with Crippen LogP contribution in [-0.2, 0) is 11.3 Å². The van der Waals surface area contributed by atoms with Gasteiger partial charge in [0.2, 0.25) is 0 Å². The van der Waals surface area contributed by atoms with Crippen LogP contribution in [-0.4, -0.2) is 85.3 Å². The number of H-pyrrole nitrogens is 1. The fourth-order valence-corrected chi connectivity index (χ4v) is 4.29. The second kappa shape index (κ2) is 14.3. The predicted octanol–water partition coefficient (Wildman–Crippen LogP) is 3.66. The lowest BCUT2D eigenvalue weighted by Gasteiger charge is -2.19. The summed E-state index contributed by atoms with van der Waals surface area (Å²) in [6, 6.07) is 5.82. The van der Waals surface area contributed by atoms with E-state index >= 15 is 0 Å². The summed E-state index contributed by atoms with van der Waals surface area (Å²) in [5.41, 5.74) is 2.90. The van der Waals surface area contributed by atoms with Crippen molar-refractivity contribution in [3.63, 3.8) is 0 Å². The summed E-state index contributed by atoms with van der Waals surface area (Å²) in [5, 5.41) is 14.5. The van der Waals surface area contributed by atoms with Gasteiger partial charge in [-0.3, -0.25) is 4.99 Å². The maximum Gasteiger partial charge on any atom is 0.199 e. The van der Waals surface area contributed by atoms with Crippen molar-refractivity contribution < 1.29 is 14.6 Å². The van der Waals surface area contributed by atoms with E-state index in [2.05, 4.69) is 42.1 Å². The fraction of sp³-hybridized carbons (Fsp3) is 0.481. The van der Waals surface area contributed by atoms with Crippen molar-refractivity contribution in [1.82, 2.24) is 25.2 Å². The third-order valence-electron chi connectivity index (χ3n) is 6.28. The Morgan fingerprint density at radius 3 is 2.76 bits per heavy atom. The van der Waals surface area contributed by atoms with Gasteiger partial charge < -0.3 is 34.7 Å². The van der Waals surface area contributed by atoms with E-state index in [4.69, 9.17) is 4.74 Å². The van der Waals surface area contributed by atoms with Crippen LogP contribution in [0.15, 0.2) is 29.5 Å². The molecule has 0 radical (unpaired) electrons. The Hall–Kier alpha value is -3.50. The second-order valence-corrected chi connectivity index (χ2v) is 9.19. The number of hydrogen-bond donors (Lipinski definition) is 3. The average Bonchev–Trinajstić information content (AvgIpc) is 3.22. The minimum Gasteiger partial charge on any atom is -0.496 e. The van der Waals surface area contributed by atoms with Gasteiger partial charge in [0.05, 0.1) is 23.7 Å². The summed E-state index contributed by atoms with van der Waals surface area (Å²) in [6.07, 6.45) is 8.73. The highest BCUT2D eigenvalue weighted by Crippen LogP contribution is 2.32. The van der Waals surface area contributed by atoms with E-state index in [-0.39, 0.29) is 5.88 Å². The zero-order valence-corrected chi connectivity index (χ0v) is 22.3. The SMILES string of the molecule is CNCCCN(C)c1ncnc2[nH]c(O)c(C=Nc3ccc(OC)c(CN(C)CCCCCC=O)c3)c12. The number of carbonyl (C=O) groups excluding carboxylic acids is 1. The first-order valence-corrected chi connectivity index (χ1v) is 12.7. The lowest BCUT2D eigenvalue weighted by molar-refractivity contribution is -0.107. The van der Waals surface area contributed by atoms with Gasteiger partial charge in [-0.2, -0.15) is 0 Å². The number of hydrogen-bond acceptors (Lipinski definition) is 9. The maximum atomic E-state index is 10.6. The van der Waals surface area contributed by atoms with Gasteiger partial charge in [-0.15, -0.1) is 0 Å². The molecule has 0 saturated carbocycles. The van der Waals surface area contributed by atoms with Gasteiger partial charge in [0.25, 0.3) is 0 Å². The summed E-state index contributed by atoms with van der Waals surface area (Å²) in [6.45, 7) is 3.36. The summed E-state index contributed by atoms with van der Waals surface area (Å²) >= 11 is 0. The van der Waals surface area contributed by atoms with E-state index in [0.29, 0.717) is 24.2 Å². The number of aromatic amines is 1. The summed E-state index contributed by atoms with van der Waals surface area (Å²) < 4.78 is 5.58. The molecule has 37 heavy (non-hydrogen) atoms. The highest BCUT2D eigenvalue weighted by atomic mass is 16.5. The van der Waals surface area contributed by atoms with E-state index in [9.17, 15) is 9.90 Å². The molecule has 2 aromatic heterocycles. The number of nitrogens with one attached hydrogen (secondary N) is 2. The first-order valence-electron chi connectivity index (χ1n) is 12.7. The number of ether oxygens (including phenoxy) is 1. The van der Waals surface area contributed by atoms with Gasteiger partial charge in [0.1, 0.15) is 29.8 Å². The Kier molecular flexibility index (Phi) is 10.8. The third-order valence-corrected chi connectivity index (χ3v) is 6.28. The Morgan fingerprint density at radius 2 is 2.00 bits per heavy atom. The molecule has 0 amide bonds. The molecule has 0 fully saturated rings. The molecule has 0 atom stereocenters. The highest BCUT2D eigenvalue weighted by Gasteiger charge is 2.18. The number of aromatic nitrogens is 3. The molecule has 3 rings (SSSR count). The van der Waals surface area contributed by atoms with Crippen LogP contribution in [0.4, 0.5) is 11.5 Å². The summed E-state index contributed by atoms with van der Waals surface area (Å²) in [7, 11) is 7.66. The maximum absolute atomic E-state index is 10.6. The van der Waals surface area contributed by atoms with Crippen LogP contribution in [0.1, 0.15) is 43.2 Å². The number of methoxy groups -OCH3 is 1. The number of unbranched alkanes of at least 4 members (excludes halogenated alkanes) is 3. The Labute approximate surface area is 218 Å². The topological polar surface area (TPSA) is 119 Å². The van der Waals surface area contributed by atoms with Crippen LogP contribution < -0.4 is 15.0 Å². The van der Waals surface area contributed by atoms with Crippen molar-refractivity contribution in [3.05, 3.63) is 35.7 Å². The molecule has 3 aromatic rings. The van der Waals surface area contributed by atoms with Crippen LogP contribution in [0.3, 0.4) is 0 Å². The smallest absolute Gasteiger partial charge is 0.199 e. The molecular weight excluding hydrogens is 470 g/mol. The lowest BCUT2D eigenvalue weighted by atomic mass is 10.1. The quantitative estimate of drug-likeness (QED) is 0.152. The van der Waals surface area contributed by atoms with E-state index < -0.39 is 0 Å². The zero-order chi connectivity index (χ0) is 26.6. The number of benzene rings is 1. The number of aldehydes is 1. The van der Waals surface area contributed by atoms with Crippen LogP contribution in [0.5, 0.6) is 11.6 Å². The van der Waals surface area contributed by atoms with Gasteiger partial charge in [0, 0.05) is 38.3 Å². The molecule has 1 aromatic carbocycles. The van der Waals surface area contributed by atoms with E-state index in [1.54, 1.807) is 13.3 Å². The van der Waals surface area contributed by atoms with Crippen molar-refractivity contribution in [3.8, 4) is 11.6 Å². The minimum absolute atomic E-state index is 0.00664. The number of fused-ring (bicyclic) bond motifs is 1. The van der Waals surface area contributed by atoms with Crippen LogP contribution in [0, 0.1) is 0 Å². The molecule has 0 aliphatic heterocycles. The summed E-state index contributed by atoms with van der Waals surface area (Å²) in [5.74, 6) is 1.55. The number of aliphatic imine (C=N–C) groups is 1. The molecule has 3 N–H and O–H groups in total. The Bertz CT molecular complexity index is 1180. The molecule has 0 aliphatic carbocycles. The molecule has 0 spiro atoms. The average molecular weight is 510 g/mol. The van der Waals surface area contributed by atoms with Gasteiger partial charge in [-0.25, -0.2) is 9.97 Å². The summed E-state index contributed by atoms with van der Waals surface area (Å²) in [4.78, 5) is 31.2. The Morgan fingerprint density at radius 1 is 1.16 bits per heavy atom. The minimum atomic E-state index is 0.00664. The van der Waals surface area contributed by atoms with Crippen molar-refractivity contribution in [1.29, 1.82) is 0 Å². The largest absolute Gasteiger partial charge is 0.496 e. The van der Waals surface area contributed by atoms with Crippen molar-refractivity contribution in [2.45, 2.75) is 38.6 Å². The molecule has 0 unspecified atom stereocenters. The standard InChI is InChI=1S/C27H39N7O3/c1-28-12-9-14-34(3)26-24-22(27(36)32-25(24)30-19-31-26)17-29-21-10-11-23(37-4)20(16-21)18-33(2)13-7-5-6-8-15-35/h10-11,15-17,19,28,36H,5-9,12-14,18H2,1-4H3,(H,30,31,32). The Balaban J connectivity index is 1.80. The van der Waals surface area contributed by atoms with Gasteiger partial charge in [-0.05, 0) is 64.6 Å². The lowest BCUT2D eigenvalue weighted by Crippen LogP contribution is -2.23. The van der Waals surface area contributed by atoms with Gasteiger partial charge in [-0.1, -0.05) is 6.42 Å².